The van der Waals surface area contributed by atoms with Crippen LogP contribution in [0.3, 0.4) is 0 Å². The van der Waals surface area contributed by atoms with E-state index in [2.05, 4.69) is 41.7 Å². The first-order valence-electron chi connectivity index (χ1n) is 10.4. The molecule has 1 fully saturated rings. The number of hydrogen-bond donors (Lipinski definition) is 1. The molecular weight excluding hydrogens is 372 g/mol. The van der Waals surface area contributed by atoms with Gasteiger partial charge in [-0.1, -0.05) is 66.7 Å². The highest BCUT2D eigenvalue weighted by molar-refractivity contribution is 5.94. The van der Waals surface area contributed by atoms with E-state index in [0.717, 1.165) is 29.7 Å². The van der Waals surface area contributed by atoms with Gasteiger partial charge in [-0.25, -0.2) is 0 Å². The van der Waals surface area contributed by atoms with Crippen molar-refractivity contribution >= 4 is 11.8 Å². The fourth-order valence-electron chi connectivity index (χ4n) is 3.86. The second-order valence-corrected chi connectivity index (χ2v) is 7.80. The molecule has 0 saturated carbocycles. The number of rotatable bonds is 6. The van der Waals surface area contributed by atoms with Gasteiger partial charge in [0, 0.05) is 25.1 Å². The van der Waals surface area contributed by atoms with Gasteiger partial charge < -0.3 is 10.2 Å². The zero-order valence-electron chi connectivity index (χ0n) is 17.2. The Morgan fingerprint density at radius 2 is 1.70 bits per heavy atom. The van der Waals surface area contributed by atoms with E-state index in [-0.39, 0.29) is 17.9 Å². The normalized spacial score (nSPS) is 14.6. The Morgan fingerprint density at radius 3 is 2.40 bits per heavy atom. The van der Waals surface area contributed by atoms with Crippen LogP contribution in [0.25, 0.3) is 11.1 Å². The Kier molecular flexibility index (Phi) is 5.94. The lowest BCUT2D eigenvalue weighted by Gasteiger charge is -2.17. The first kappa shape index (κ1) is 19.9. The molecule has 3 aromatic rings. The van der Waals surface area contributed by atoms with Crippen LogP contribution in [0, 0.1) is 0 Å². The third-order valence-corrected chi connectivity index (χ3v) is 5.60. The van der Waals surface area contributed by atoms with Gasteiger partial charge in [0.15, 0.2) is 0 Å². The van der Waals surface area contributed by atoms with Gasteiger partial charge in [0.1, 0.15) is 0 Å². The molecule has 0 bridgehead atoms. The molecule has 0 aromatic heterocycles. The number of likely N-dealkylation sites (tertiary alicyclic amines) is 1. The van der Waals surface area contributed by atoms with Crippen LogP contribution in [0.2, 0.25) is 0 Å². The lowest BCUT2D eigenvalue weighted by atomic mass is 10.0. The molecule has 1 unspecified atom stereocenters. The summed E-state index contributed by atoms with van der Waals surface area (Å²) in [5, 5.41) is 3.08. The van der Waals surface area contributed by atoms with Gasteiger partial charge in [-0.2, -0.15) is 0 Å². The molecule has 1 atom stereocenters. The average Bonchev–Trinajstić information content (AvgIpc) is 3.19. The van der Waals surface area contributed by atoms with Gasteiger partial charge in [0.2, 0.25) is 5.91 Å². The molecule has 1 N–H and O–H groups in total. The van der Waals surface area contributed by atoms with E-state index in [1.54, 1.807) is 0 Å². The zero-order chi connectivity index (χ0) is 20.9. The van der Waals surface area contributed by atoms with Crippen LogP contribution in [0.1, 0.15) is 47.3 Å². The van der Waals surface area contributed by atoms with Crippen LogP contribution >= 0.6 is 0 Å². The predicted octanol–water partition coefficient (Wildman–Crippen LogP) is 4.97. The Bertz CT molecular complexity index is 1030. The van der Waals surface area contributed by atoms with Gasteiger partial charge in [0.25, 0.3) is 5.91 Å². The van der Waals surface area contributed by atoms with Crippen molar-refractivity contribution in [3.63, 3.8) is 0 Å². The summed E-state index contributed by atoms with van der Waals surface area (Å²) in [5.74, 6) is 0.0849. The molecule has 1 heterocycles. The van der Waals surface area contributed by atoms with Gasteiger partial charge in [0.05, 0.1) is 6.04 Å². The molecule has 0 spiro atoms. The summed E-state index contributed by atoms with van der Waals surface area (Å²) in [4.78, 5) is 26.5. The summed E-state index contributed by atoms with van der Waals surface area (Å²) in [7, 11) is 0. The first-order valence-corrected chi connectivity index (χ1v) is 10.4. The van der Waals surface area contributed by atoms with Crippen LogP contribution in [0.5, 0.6) is 0 Å². The molecule has 4 nitrogen and oxygen atoms in total. The molecule has 3 aromatic carbocycles. The second kappa shape index (κ2) is 8.95. The molecule has 1 aliphatic heterocycles. The predicted molar refractivity (Wildman–Crippen MR) is 119 cm³/mol. The quantitative estimate of drug-likeness (QED) is 0.637. The molecule has 0 aliphatic carbocycles. The van der Waals surface area contributed by atoms with E-state index in [4.69, 9.17) is 0 Å². The average molecular weight is 399 g/mol. The Morgan fingerprint density at radius 1 is 0.967 bits per heavy atom. The topological polar surface area (TPSA) is 49.4 Å². The Balaban J connectivity index is 1.41. The SMILES string of the molecule is CC(NC(=O)c1cccc(CN2CCCC2=O)c1)c1ccc(-c2ccccc2)cc1. The lowest BCUT2D eigenvalue weighted by Crippen LogP contribution is -2.27. The van der Waals surface area contributed by atoms with Crippen molar-refractivity contribution in [1.82, 2.24) is 10.2 Å². The minimum Gasteiger partial charge on any atom is -0.346 e. The van der Waals surface area contributed by atoms with E-state index in [1.165, 1.54) is 5.56 Å². The molecule has 2 amide bonds. The van der Waals surface area contributed by atoms with Crippen LogP contribution in [0.15, 0.2) is 78.9 Å². The van der Waals surface area contributed by atoms with Crippen molar-refractivity contribution in [1.29, 1.82) is 0 Å². The molecule has 0 radical (unpaired) electrons. The maximum absolute atomic E-state index is 12.8. The van der Waals surface area contributed by atoms with Crippen LogP contribution in [0.4, 0.5) is 0 Å². The summed E-state index contributed by atoms with van der Waals surface area (Å²) >= 11 is 0. The van der Waals surface area contributed by atoms with E-state index in [0.29, 0.717) is 18.5 Å². The third-order valence-electron chi connectivity index (χ3n) is 5.60. The van der Waals surface area contributed by atoms with Gasteiger partial charge in [-0.05, 0) is 47.7 Å². The number of carbonyl (C=O) groups excluding carboxylic acids is 2. The molecule has 1 aliphatic rings. The molecular formula is C26H26N2O2. The van der Waals surface area contributed by atoms with Crippen LogP contribution in [-0.2, 0) is 11.3 Å². The molecule has 1 saturated heterocycles. The number of hydrogen-bond acceptors (Lipinski definition) is 2. The molecule has 4 rings (SSSR count). The fourth-order valence-corrected chi connectivity index (χ4v) is 3.86. The first-order chi connectivity index (χ1) is 14.6. The van der Waals surface area contributed by atoms with E-state index >= 15 is 0 Å². The van der Waals surface area contributed by atoms with Gasteiger partial charge in [-0.3, -0.25) is 9.59 Å². The highest BCUT2D eigenvalue weighted by Gasteiger charge is 2.20. The van der Waals surface area contributed by atoms with Gasteiger partial charge in [-0.15, -0.1) is 0 Å². The lowest BCUT2D eigenvalue weighted by molar-refractivity contribution is -0.128. The van der Waals surface area contributed by atoms with Crippen molar-refractivity contribution in [2.24, 2.45) is 0 Å². The minimum atomic E-state index is -0.107. The summed E-state index contributed by atoms with van der Waals surface area (Å²) in [5.41, 5.74) is 4.99. The van der Waals surface area contributed by atoms with E-state index < -0.39 is 0 Å². The second-order valence-electron chi connectivity index (χ2n) is 7.80. The highest BCUT2D eigenvalue weighted by atomic mass is 16.2. The maximum atomic E-state index is 12.8. The summed E-state index contributed by atoms with van der Waals surface area (Å²) in [6, 6.07) is 26.0. The summed E-state index contributed by atoms with van der Waals surface area (Å²) in [6.07, 6.45) is 1.54. The summed E-state index contributed by atoms with van der Waals surface area (Å²) < 4.78 is 0. The van der Waals surface area contributed by atoms with Crippen molar-refractivity contribution in [2.45, 2.75) is 32.4 Å². The smallest absolute Gasteiger partial charge is 0.251 e. The fraction of sp³-hybridized carbons (Fsp3) is 0.231. The molecule has 4 heteroatoms. The molecule has 30 heavy (non-hydrogen) atoms. The van der Waals surface area contributed by atoms with E-state index in [1.807, 2.05) is 54.3 Å². The summed E-state index contributed by atoms with van der Waals surface area (Å²) in [6.45, 7) is 3.35. The zero-order valence-corrected chi connectivity index (χ0v) is 17.2. The number of benzene rings is 3. The number of amides is 2. The van der Waals surface area contributed by atoms with Crippen molar-refractivity contribution in [3.05, 3.63) is 95.6 Å². The monoisotopic (exact) mass is 398 g/mol. The van der Waals surface area contributed by atoms with Crippen molar-refractivity contribution in [3.8, 4) is 11.1 Å². The Labute approximate surface area is 177 Å². The van der Waals surface area contributed by atoms with Gasteiger partial charge >= 0.3 is 0 Å². The number of nitrogens with one attached hydrogen (secondary N) is 1. The highest BCUT2D eigenvalue weighted by Crippen LogP contribution is 2.22. The van der Waals surface area contributed by atoms with Crippen molar-refractivity contribution < 1.29 is 9.59 Å². The number of carbonyl (C=O) groups is 2. The maximum Gasteiger partial charge on any atom is 0.251 e. The molecule has 152 valence electrons. The third kappa shape index (κ3) is 4.60. The van der Waals surface area contributed by atoms with Crippen LogP contribution < -0.4 is 5.32 Å². The standard InChI is InChI=1S/C26H26N2O2/c1-19(21-12-14-23(15-13-21)22-8-3-2-4-9-22)27-26(30)24-10-5-7-20(17-24)18-28-16-6-11-25(28)29/h2-5,7-10,12-15,17,19H,6,11,16,18H2,1H3,(H,27,30). The van der Waals surface area contributed by atoms with E-state index in [9.17, 15) is 9.59 Å². The Hall–Kier alpha value is -3.40. The van der Waals surface area contributed by atoms with Crippen LogP contribution in [-0.4, -0.2) is 23.3 Å². The minimum absolute atomic E-state index is 0.105. The van der Waals surface area contributed by atoms with Crippen molar-refractivity contribution in [2.75, 3.05) is 6.54 Å². The largest absolute Gasteiger partial charge is 0.346 e. The number of nitrogens with zero attached hydrogens (tertiary/aromatic N) is 1.